The molecule has 1 aliphatic carbocycles. The quantitative estimate of drug-likeness (QED) is 0.817. The molecule has 7 rings (SSSR count). The molecule has 4 aliphatic heterocycles. The number of carbonyl (C=O) groups excluding carboxylic acids is 1. The number of hydrogen-bond donors (Lipinski definition) is 1. The highest BCUT2D eigenvalue weighted by atomic mass is 16.5. The Kier molecular flexibility index (Phi) is 3.47. The molecule has 4 heterocycles. The number of rotatable bonds is 2. The third-order valence-electron chi connectivity index (χ3n) is 9.14. The van der Waals surface area contributed by atoms with E-state index in [9.17, 15) is 9.90 Å². The van der Waals surface area contributed by atoms with E-state index in [1.54, 1.807) is 0 Å². The molecule has 5 heteroatoms. The maximum absolute atomic E-state index is 13.2. The molecule has 160 valence electrons. The fraction of sp³-hybridized carbons (Fsp3) is 0.500. The summed E-state index contributed by atoms with van der Waals surface area (Å²) in [4.78, 5) is 17.7. The van der Waals surface area contributed by atoms with Gasteiger partial charge in [0.05, 0.1) is 24.2 Å². The van der Waals surface area contributed by atoms with E-state index >= 15 is 0 Å². The van der Waals surface area contributed by atoms with Crippen LogP contribution in [0.4, 0.5) is 5.69 Å². The molecule has 1 amide bonds. The predicted octanol–water partition coefficient (Wildman–Crippen LogP) is 3.21. The predicted molar refractivity (Wildman–Crippen MR) is 116 cm³/mol. The first-order chi connectivity index (χ1) is 15.1. The van der Waals surface area contributed by atoms with Gasteiger partial charge in [0.2, 0.25) is 5.91 Å². The Morgan fingerprint density at radius 3 is 2.71 bits per heavy atom. The number of ether oxygens (including phenoxy) is 1. The lowest BCUT2D eigenvalue weighted by molar-refractivity contribution is -0.243. The maximum Gasteiger partial charge on any atom is 0.224 e. The van der Waals surface area contributed by atoms with E-state index in [1.807, 2.05) is 6.07 Å². The van der Waals surface area contributed by atoms with Gasteiger partial charge >= 0.3 is 0 Å². The number of piperidine rings is 1. The average molecular weight is 417 g/mol. The first-order valence-corrected chi connectivity index (χ1v) is 11.7. The monoisotopic (exact) mass is 416 g/mol. The van der Waals surface area contributed by atoms with Gasteiger partial charge in [0, 0.05) is 30.6 Å². The number of benzene rings is 2. The Morgan fingerprint density at radius 2 is 1.84 bits per heavy atom. The van der Waals surface area contributed by atoms with Crippen molar-refractivity contribution in [3.05, 3.63) is 65.7 Å². The van der Waals surface area contributed by atoms with E-state index in [0.717, 1.165) is 32.4 Å². The van der Waals surface area contributed by atoms with Crippen molar-refractivity contribution in [1.29, 1.82) is 0 Å². The van der Waals surface area contributed by atoms with Gasteiger partial charge in [-0.05, 0) is 42.9 Å². The summed E-state index contributed by atoms with van der Waals surface area (Å²) < 4.78 is 6.77. The zero-order chi connectivity index (χ0) is 20.8. The van der Waals surface area contributed by atoms with Gasteiger partial charge in [0.15, 0.2) is 5.72 Å². The number of para-hydroxylation sites is 1. The molecule has 5 aliphatic rings. The van der Waals surface area contributed by atoms with E-state index in [2.05, 4.69) is 58.3 Å². The Hall–Kier alpha value is -2.37. The van der Waals surface area contributed by atoms with Crippen molar-refractivity contribution in [3.63, 3.8) is 0 Å². The van der Waals surface area contributed by atoms with Crippen molar-refractivity contribution in [1.82, 2.24) is 4.90 Å². The largest absolute Gasteiger partial charge is 0.391 e. The van der Waals surface area contributed by atoms with Crippen LogP contribution in [-0.2, 0) is 21.5 Å². The number of fused-ring (bicyclic) bond motifs is 1. The number of aliphatic hydroxyl groups is 1. The molecule has 2 spiro atoms. The zero-order valence-corrected chi connectivity index (χ0v) is 17.7. The van der Waals surface area contributed by atoms with Crippen LogP contribution in [0.2, 0.25) is 0 Å². The van der Waals surface area contributed by atoms with Gasteiger partial charge < -0.3 is 19.6 Å². The molecule has 3 saturated heterocycles. The van der Waals surface area contributed by atoms with Crippen LogP contribution >= 0.6 is 0 Å². The van der Waals surface area contributed by atoms with E-state index in [-0.39, 0.29) is 22.8 Å². The van der Waals surface area contributed by atoms with Crippen molar-refractivity contribution >= 4 is 11.6 Å². The topological polar surface area (TPSA) is 53.0 Å². The molecule has 5 atom stereocenters. The van der Waals surface area contributed by atoms with Crippen molar-refractivity contribution < 1.29 is 14.6 Å². The smallest absolute Gasteiger partial charge is 0.224 e. The molecule has 1 saturated carbocycles. The Morgan fingerprint density at radius 1 is 1.03 bits per heavy atom. The number of anilines is 1. The van der Waals surface area contributed by atoms with E-state index in [1.165, 1.54) is 16.8 Å². The summed E-state index contributed by atoms with van der Waals surface area (Å²) in [6.45, 7) is 2.14. The van der Waals surface area contributed by atoms with Crippen LogP contribution in [0.5, 0.6) is 0 Å². The lowest BCUT2D eigenvalue weighted by atomic mass is 9.49. The minimum atomic E-state index is -0.624. The average Bonchev–Trinajstić information content (AvgIpc) is 3.43. The van der Waals surface area contributed by atoms with Gasteiger partial charge in [-0.1, -0.05) is 48.5 Å². The highest BCUT2D eigenvalue weighted by Gasteiger charge is 2.82. The van der Waals surface area contributed by atoms with Crippen molar-refractivity contribution in [2.75, 3.05) is 18.1 Å². The fourth-order valence-corrected chi connectivity index (χ4v) is 8.31. The highest BCUT2D eigenvalue weighted by molar-refractivity contribution is 5.81. The summed E-state index contributed by atoms with van der Waals surface area (Å²) in [5, 5.41) is 11.8. The van der Waals surface area contributed by atoms with Crippen LogP contribution < -0.4 is 4.90 Å². The van der Waals surface area contributed by atoms with Gasteiger partial charge in [0.25, 0.3) is 0 Å². The minimum absolute atomic E-state index is 0.0905. The second kappa shape index (κ2) is 5.90. The number of aliphatic hydroxyl groups excluding tert-OH is 1. The van der Waals surface area contributed by atoms with Crippen LogP contribution in [-0.4, -0.2) is 46.9 Å². The molecule has 0 bridgehead atoms. The standard InChI is InChI=1S/C26H28N2O3/c29-21-16-24-11-10-22(30)28-14-12-25(26(24,28)31-15-13-24)19-8-4-5-9-20(19)27(23(21)25)17-18-6-2-1-3-7-18/h1-9,21,23,29H,10-17H2/t21-,23-,24+,25-,26+/m1/s1. The normalized spacial score (nSPS) is 39.8. The van der Waals surface area contributed by atoms with Gasteiger partial charge in [-0.3, -0.25) is 4.79 Å². The third-order valence-corrected chi connectivity index (χ3v) is 9.14. The molecular weight excluding hydrogens is 388 g/mol. The van der Waals surface area contributed by atoms with E-state index < -0.39 is 11.8 Å². The van der Waals surface area contributed by atoms with Gasteiger partial charge in [-0.25, -0.2) is 0 Å². The summed E-state index contributed by atoms with van der Waals surface area (Å²) >= 11 is 0. The zero-order valence-electron chi connectivity index (χ0n) is 17.7. The molecule has 5 nitrogen and oxygen atoms in total. The maximum atomic E-state index is 13.2. The van der Waals surface area contributed by atoms with Gasteiger partial charge in [-0.15, -0.1) is 0 Å². The number of nitrogens with zero attached hydrogens (tertiary/aromatic N) is 2. The highest BCUT2D eigenvalue weighted by Crippen LogP contribution is 2.73. The van der Waals surface area contributed by atoms with Crippen molar-refractivity contribution in [3.8, 4) is 0 Å². The van der Waals surface area contributed by atoms with Gasteiger partial charge in [-0.2, -0.15) is 0 Å². The summed E-state index contributed by atoms with van der Waals surface area (Å²) in [6, 6.07) is 19.0. The SMILES string of the molecule is O=C1CC[C@@]23CCO[C@@]24N1CC[C@]41c2ccccc2N(Cc2ccccc2)[C@@H]1[C@H](O)C3. The van der Waals surface area contributed by atoms with Crippen LogP contribution in [0.3, 0.4) is 0 Å². The lowest BCUT2D eigenvalue weighted by Crippen LogP contribution is -2.76. The summed E-state index contributed by atoms with van der Waals surface area (Å²) in [7, 11) is 0. The van der Waals surface area contributed by atoms with E-state index in [4.69, 9.17) is 4.74 Å². The fourth-order valence-electron chi connectivity index (χ4n) is 8.31. The molecule has 4 fully saturated rings. The van der Waals surface area contributed by atoms with Crippen LogP contribution in [0.25, 0.3) is 0 Å². The Labute approximate surface area is 182 Å². The number of carbonyl (C=O) groups is 1. The summed E-state index contributed by atoms with van der Waals surface area (Å²) in [5.41, 5.74) is 2.53. The number of amides is 1. The summed E-state index contributed by atoms with van der Waals surface area (Å²) in [6.07, 6.45) is 3.46. The van der Waals surface area contributed by atoms with E-state index in [0.29, 0.717) is 19.4 Å². The van der Waals surface area contributed by atoms with Crippen LogP contribution in [0.15, 0.2) is 54.6 Å². The minimum Gasteiger partial charge on any atom is -0.391 e. The van der Waals surface area contributed by atoms with Crippen LogP contribution in [0, 0.1) is 5.41 Å². The lowest BCUT2D eigenvalue weighted by Gasteiger charge is -2.63. The molecule has 0 radical (unpaired) electrons. The summed E-state index contributed by atoms with van der Waals surface area (Å²) in [5.74, 6) is 0.225. The van der Waals surface area contributed by atoms with Crippen molar-refractivity contribution in [2.45, 2.75) is 61.9 Å². The molecule has 31 heavy (non-hydrogen) atoms. The molecule has 2 aromatic carbocycles. The second-order valence-corrected chi connectivity index (χ2v) is 10.1. The Bertz CT molecular complexity index is 1070. The first-order valence-electron chi connectivity index (χ1n) is 11.7. The molecular formula is C26H28N2O3. The van der Waals surface area contributed by atoms with Gasteiger partial charge in [0.1, 0.15) is 0 Å². The second-order valence-electron chi connectivity index (χ2n) is 10.1. The molecule has 0 aromatic heterocycles. The van der Waals surface area contributed by atoms with Crippen molar-refractivity contribution in [2.24, 2.45) is 5.41 Å². The molecule has 1 N–H and O–H groups in total. The number of hydrogen-bond acceptors (Lipinski definition) is 4. The third kappa shape index (κ3) is 1.90. The first kappa shape index (κ1) is 18.2. The molecule has 2 aromatic rings. The Balaban J connectivity index is 1.48. The van der Waals surface area contributed by atoms with Crippen LogP contribution in [0.1, 0.15) is 43.2 Å². The molecule has 0 unspecified atom stereocenters.